The number of carbonyl (C=O) groups is 1. The van der Waals surface area contributed by atoms with Crippen molar-refractivity contribution >= 4 is 29.3 Å². The number of piperidine rings is 1. The van der Waals surface area contributed by atoms with E-state index in [-0.39, 0.29) is 61.3 Å². The summed E-state index contributed by atoms with van der Waals surface area (Å²) in [6.45, 7) is 3.09. The van der Waals surface area contributed by atoms with Crippen LogP contribution in [0.15, 0.2) is 95.9 Å². The van der Waals surface area contributed by atoms with Gasteiger partial charge < -0.3 is 19.1 Å². The van der Waals surface area contributed by atoms with Crippen molar-refractivity contribution in [1.82, 2.24) is 19.4 Å². The van der Waals surface area contributed by atoms with Crippen molar-refractivity contribution in [3.8, 4) is 11.1 Å². The molecular formula is C40H40ClF5N4O3. The van der Waals surface area contributed by atoms with E-state index in [0.29, 0.717) is 28.9 Å². The molecule has 0 atom stereocenters. The molecule has 1 saturated heterocycles. The minimum absolute atomic E-state index is 0. The summed E-state index contributed by atoms with van der Waals surface area (Å²) in [5.74, 6) is -2.10. The van der Waals surface area contributed by atoms with Crippen LogP contribution in [0.5, 0.6) is 0 Å². The number of ether oxygens (including phenoxy) is 1. The molecule has 53 heavy (non-hydrogen) atoms. The number of methoxy groups -OCH3 is 1. The third kappa shape index (κ3) is 9.48. The molecular weight excluding hydrogens is 715 g/mol. The smallest absolute Gasteiger partial charge is 0.383 e. The van der Waals surface area contributed by atoms with Gasteiger partial charge >= 0.3 is 6.18 Å². The molecule has 0 aliphatic carbocycles. The van der Waals surface area contributed by atoms with Crippen LogP contribution in [0.2, 0.25) is 0 Å². The van der Waals surface area contributed by atoms with E-state index in [2.05, 4.69) is 9.88 Å². The van der Waals surface area contributed by atoms with Crippen molar-refractivity contribution in [2.24, 2.45) is 0 Å². The lowest BCUT2D eigenvalue weighted by Gasteiger charge is -2.39. The van der Waals surface area contributed by atoms with Crippen LogP contribution in [-0.2, 0) is 41.6 Å². The van der Waals surface area contributed by atoms with Crippen molar-refractivity contribution < 1.29 is 31.5 Å². The number of fused-ring (bicyclic) bond motifs is 1. The fraction of sp³-hybridized carbons (Fsp3) is 0.325. The Labute approximate surface area is 310 Å². The summed E-state index contributed by atoms with van der Waals surface area (Å²) in [5.41, 5.74) is 2.19. The van der Waals surface area contributed by atoms with E-state index < -0.39 is 23.4 Å². The van der Waals surface area contributed by atoms with Crippen molar-refractivity contribution in [2.45, 2.75) is 51.0 Å². The zero-order chi connectivity index (χ0) is 36.8. The second-order valence-corrected chi connectivity index (χ2v) is 13.0. The van der Waals surface area contributed by atoms with Gasteiger partial charge in [0.1, 0.15) is 12.2 Å². The molecule has 0 bridgehead atoms. The van der Waals surface area contributed by atoms with Crippen LogP contribution in [0.1, 0.15) is 35.2 Å². The summed E-state index contributed by atoms with van der Waals surface area (Å²) in [7, 11) is 1.66. The number of amides is 1. The lowest BCUT2D eigenvalue weighted by atomic mass is 10.00. The molecule has 5 aromatic rings. The van der Waals surface area contributed by atoms with Gasteiger partial charge in [0.05, 0.1) is 17.6 Å². The van der Waals surface area contributed by atoms with Crippen molar-refractivity contribution in [1.29, 1.82) is 0 Å². The molecule has 1 amide bonds. The van der Waals surface area contributed by atoms with Crippen LogP contribution in [0.4, 0.5) is 22.0 Å². The molecule has 1 aliphatic heterocycles. The van der Waals surface area contributed by atoms with Crippen LogP contribution < -0.4 is 5.43 Å². The first-order valence-corrected chi connectivity index (χ1v) is 17.2. The monoisotopic (exact) mass is 754 g/mol. The number of carbonyl (C=O) groups excluding carboxylic acids is 1. The Morgan fingerprint density at radius 2 is 1.60 bits per heavy atom. The van der Waals surface area contributed by atoms with Gasteiger partial charge in [0.2, 0.25) is 5.91 Å². The van der Waals surface area contributed by atoms with Gasteiger partial charge in [-0.2, -0.15) is 13.2 Å². The Kier molecular flexibility index (Phi) is 13.0. The van der Waals surface area contributed by atoms with Gasteiger partial charge in [0, 0.05) is 57.3 Å². The Balaban J connectivity index is 0.00000541. The van der Waals surface area contributed by atoms with E-state index in [1.54, 1.807) is 30.0 Å². The van der Waals surface area contributed by atoms with E-state index in [4.69, 9.17) is 4.74 Å². The molecule has 0 N–H and O–H groups in total. The Hall–Kier alpha value is -4.65. The number of benzene rings is 3. The Morgan fingerprint density at radius 3 is 2.26 bits per heavy atom. The standard InChI is InChI=1S/C40H39F5N4O3.ClH/c1-52-23-22-47-20-17-32(18-21-47)48(25-27-7-9-28(10-8-27)29-11-14-31(15-12-29)40(43,44)45)37(51)26-49-33(16-13-30-4-2-6-35(41)38(30)42)24-36(50)34-5-3-19-46-39(34)49;/h2-12,14-15,19,24,32H,13,16-18,20-23,25-26H2,1H3;1H. The summed E-state index contributed by atoms with van der Waals surface area (Å²) in [5, 5.41) is 0.341. The number of hydrogen-bond acceptors (Lipinski definition) is 5. The molecule has 0 spiro atoms. The lowest BCUT2D eigenvalue weighted by molar-refractivity contribution is -0.137. The van der Waals surface area contributed by atoms with Crippen LogP contribution in [0.3, 0.4) is 0 Å². The first-order chi connectivity index (χ1) is 25.0. The third-order valence-electron chi connectivity index (χ3n) is 9.71. The highest BCUT2D eigenvalue weighted by Crippen LogP contribution is 2.31. The Morgan fingerprint density at radius 1 is 0.925 bits per heavy atom. The van der Waals surface area contributed by atoms with E-state index in [9.17, 15) is 31.5 Å². The molecule has 0 saturated carbocycles. The van der Waals surface area contributed by atoms with E-state index >= 15 is 0 Å². The van der Waals surface area contributed by atoms with Crippen LogP contribution in [0.25, 0.3) is 22.2 Å². The highest BCUT2D eigenvalue weighted by molar-refractivity contribution is 5.85. The maximum absolute atomic E-state index is 14.6. The third-order valence-corrected chi connectivity index (χ3v) is 9.71. The first-order valence-electron chi connectivity index (χ1n) is 17.2. The number of likely N-dealkylation sites (tertiary alicyclic amines) is 1. The second-order valence-electron chi connectivity index (χ2n) is 13.0. The summed E-state index contributed by atoms with van der Waals surface area (Å²) < 4.78 is 74.8. The number of hydrogen-bond donors (Lipinski definition) is 0. The highest BCUT2D eigenvalue weighted by Gasteiger charge is 2.31. The van der Waals surface area contributed by atoms with Gasteiger partial charge in [-0.05, 0) is 78.3 Å². The van der Waals surface area contributed by atoms with Gasteiger partial charge in [0.15, 0.2) is 17.1 Å². The molecule has 0 radical (unpaired) electrons. The van der Waals surface area contributed by atoms with Crippen LogP contribution >= 0.6 is 12.4 Å². The average Bonchev–Trinajstić information content (AvgIpc) is 3.15. The number of nitrogens with zero attached hydrogens (tertiary/aromatic N) is 4. The number of aryl methyl sites for hydroxylation is 2. The molecule has 1 aliphatic rings. The minimum atomic E-state index is -4.42. The van der Waals surface area contributed by atoms with Gasteiger partial charge in [-0.3, -0.25) is 9.59 Å². The highest BCUT2D eigenvalue weighted by atomic mass is 35.5. The normalized spacial score (nSPS) is 13.9. The van der Waals surface area contributed by atoms with E-state index in [1.165, 1.54) is 30.3 Å². The molecule has 2 aromatic heterocycles. The fourth-order valence-electron chi connectivity index (χ4n) is 6.81. The van der Waals surface area contributed by atoms with Crippen molar-refractivity contribution in [3.63, 3.8) is 0 Å². The minimum Gasteiger partial charge on any atom is -0.383 e. The molecule has 3 heterocycles. The second kappa shape index (κ2) is 17.5. The molecule has 7 nitrogen and oxygen atoms in total. The molecule has 13 heteroatoms. The summed E-state index contributed by atoms with van der Waals surface area (Å²) in [6.07, 6.45) is -1.15. The average molecular weight is 755 g/mol. The van der Waals surface area contributed by atoms with Gasteiger partial charge in [0.25, 0.3) is 0 Å². The number of rotatable bonds is 12. The molecule has 1 fully saturated rings. The number of alkyl halides is 3. The van der Waals surface area contributed by atoms with Crippen LogP contribution in [-0.4, -0.2) is 64.7 Å². The zero-order valence-electron chi connectivity index (χ0n) is 29.1. The van der Waals surface area contributed by atoms with Gasteiger partial charge in [-0.1, -0.05) is 48.5 Å². The SMILES string of the molecule is COCCN1CCC(N(Cc2ccc(-c3ccc(C(F)(F)F)cc3)cc2)C(=O)Cn2c(CCc3cccc(F)c3F)cc(=O)c3cccnc32)CC1.Cl. The van der Waals surface area contributed by atoms with E-state index in [1.807, 2.05) is 29.2 Å². The zero-order valence-corrected chi connectivity index (χ0v) is 29.9. The summed E-state index contributed by atoms with van der Waals surface area (Å²) >= 11 is 0. The Bertz CT molecular complexity index is 2070. The molecule has 3 aromatic carbocycles. The maximum atomic E-state index is 14.6. The predicted molar refractivity (Wildman–Crippen MR) is 196 cm³/mol. The predicted octanol–water partition coefficient (Wildman–Crippen LogP) is 7.71. The molecule has 6 rings (SSSR count). The number of aromatic nitrogens is 2. The van der Waals surface area contributed by atoms with E-state index in [0.717, 1.165) is 61.8 Å². The van der Waals surface area contributed by atoms with Crippen LogP contribution in [0, 0.1) is 11.6 Å². The molecule has 280 valence electrons. The maximum Gasteiger partial charge on any atom is 0.416 e. The van der Waals surface area contributed by atoms with Gasteiger partial charge in [-0.15, -0.1) is 12.4 Å². The number of pyridine rings is 2. The van der Waals surface area contributed by atoms with Crippen molar-refractivity contribution in [2.75, 3.05) is 33.4 Å². The quantitative estimate of drug-likeness (QED) is 0.122. The number of halogens is 6. The topological polar surface area (TPSA) is 67.7 Å². The molecule has 0 unspecified atom stereocenters. The lowest BCUT2D eigenvalue weighted by Crippen LogP contribution is -2.48. The van der Waals surface area contributed by atoms with Gasteiger partial charge in [-0.25, -0.2) is 13.8 Å². The van der Waals surface area contributed by atoms with Crippen molar-refractivity contribution in [3.05, 3.63) is 135 Å². The largest absolute Gasteiger partial charge is 0.416 e. The fourth-order valence-corrected chi connectivity index (χ4v) is 6.81. The summed E-state index contributed by atoms with van der Waals surface area (Å²) in [4.78, 5) is 36.2. The first kappa shape index (κ1) is 39.6. The summed E-state index contributed by atoms with van der Waals surface area (Å²) in [6, 6.07) is 21.0.